The molecule has 0 radical (unpaired) electrons. The molecule has 3 atom stereocenters. The summed E-state index contributed by atoms with van der Waals surface area (Å²) in [5.74, 6) is -2.72. The number of anilines is 1. The number of carbonyl (C=O) groups is 5. The Labute approximate surface area is 205 Å². The van der Waals surface area contributed by atoms with Gasteiger partial charge in [0.25, 0.3) is 0 Å². The van der Waals surface area contributed by atoms with Crippen molar-refractivity contribution >= 4 is 46.2 Å². The van der Waals surface area contributed by atoms with Crippen molar-refractivity contribution in [1.29, 1.82) is 0 Å². The van der Waals surface area contributed by atoms with E-state index < -0.39 is 53.8 Å². The molecule has 0 spiro atoms. The number of benzene rings is 1. The van der Waals surface area contributed by atoms with Gasteiger partial charge in [0.1, 0.15) is 23.7 Å². The molecule has 2 aromatic rings. The lowest BCUT2D eigenvalue weighted by molar-refractivity contribution is -0.141. The zero-order chi connectivity index (χ0) is 26.0. The largest absolute Gasteiger partial charge is 0.423 e. The molecule has 5 N–H and O–H groups in total. The molecule has 12 heteroatoms. The van der Waals surface area contributed by atoms with Crippen LogP contribution in [0.3, 0.4) is 0 Å². The van der Waals surface area contributed by atoms with E-state index in [0.717, 1.165) is 10.9 Å². The Morgan fingerprint density at radius 1 is 1.17 bits per heavy atom. The molecular formula is C24H27N5O7. The fraction of sp³-hybridized carbons (Fsp3) is 0.417. The molecule has 36 heavy (non-hydrogen) atoms. The summed E-state index contributed by atoms with van der Waals surface area (Å²) in [7, 11) is 0. The van der Waals surface area contributed by atoms with E-state index in [1.165, 1.54) is 17.0 Å². The van der Waals surface area contributed by atoms with Crippen LogP contribution in [0.4, 0.5) is 5.69 Å². The SMILES string of the molecule is Cc1cc(=O)oc2cc(NC(=O)C3CCCN3C(=O)C(CC(N)=O)NC(=O)C3CCC(=O)N3)ccc12. The van der Waals surface area contributed by atoms with Gasteiger partial charge in [-0.2, -0.15) is 0 Å². The Kier molecular flexibility index (Phi) is 7.04. The summed E-state index contributed by atoms with van der Waals surface area (Å²) in [5.41, 5.74) is 6.25. The maximum Gasteiger partial charge on any atom is 0.336 e. The molecule has 2 aliphatic heterocycles. The van der Waals surface area contributed by atoms with E-state index in [1.54, 1.807) is 19.1 Å². The highest BCUT2D eigenvalue weighted by Gasteiger charge is 2.39. The highest BCUT2D eigenvalue weighted by molar-refractivity contribution is 6.01. The molecule has 1 aromatic heterocycles. The molecule has 1 aromatic carbocycles. The molecule has 4 rings (SSSR count). The number of hydrogen-bond acceptors (Lipinski definition) is 7. The van der Waals surface area contributed by atoms with Crippen LogP contribution in [0.5, 0.6) is 0 Å². The van der Waals surface area contributed by atoms with E-state index in [4.69, 9.17) is 10.2 Å². The van der Waals surface area contributed by atoms with Crippen LogP contribution in [-0.4, -0.2) is 59.1 Å². The minimum atomic E-state index is -1.26. The van der Waals surface area contributed by atoms with E-state index in [1.807, 2.05) is 0 Å². The number of hydrogen-bond donors (Lipinski definition) is 4. The van der Waals surface area contributed by atoms with Crippen molar-refractivity contribution in [2.45, 2.75) is 57.2 Å². The summed E-state index contributed by atoms with van der Waals surface area (Å²) < 4.78 is 5.22. The van der Waals surface area contributed by atoms with Crippen molar-refractivity contribution in [1.82, 2.24) is 15.5 Å². The number of nitrogens with one attached hydrogen (secondary N) is 3. The second-order valence-corrected chi connectivity index (χ2v) is 9.03. The van der Waals surface area contributed by atoms with Crippen LogP contribution < -0.4 is 27.3 Å². The van der Waals surface area contributed by atoms with E-state index in [9.17, 15) is 28.8 Å². The van der Waals surface area contributed by atoms with Crippen LogP contribution in [0, 0.1) is 6.92 Å². The molecule has 12 nitrogen and oxygen atoms in total. The van der Waals surface area contributed by atoms with Crippen LogP contribution >= 0.6 is 0 Å². The van der Waals surface area contributed by atoms with Crippen molar-refractivity contribution in [3.63, 3.8) is 0 Å². The standard InChI is InChI=1S/C24H27N5O7/c1-12-9-21(32)36-18-10-13(4-5-14(12)18)26-23(34)17-3-2-8-29(17)24(35)16(11-19(25)30)28-22(33)15-6-7-20(31)27-15/h4-5,9-10,15-17H,2-3,6-8,11H2,1H3,(H2,25,30)(H,26,34)(H,27,31)(H,28,33). The number of fused-ring (bicyclic) bond motifs is 1. The molecule has 0 aliphatic carbocycles. The summed E-state index contributed by atoms with van der Waals surface area (Å²) in [4.78, 5) is 75.0. The average Bonchev–Trinajstić information content (AvgIpc) is 3.47. The first kappa shape index (κ1) is 24.9. The van der Waals surface area contributed by atoms with Crippen molar-refractivity contribution in [2.24, 2.45) is 5.73 Å². The lowest BCUT2D eigenvalue weighted by Gasteiger charge is -2.29. The number of nitrogens with zero attached hydrogens (tertiary/aromatic N) is 1. The van der Waals surface area contributed by atoms with Gasteiger partial charge in [0.05, 0.1) is 6.42 Å². The number of carbonyl (C=O) groups excluding carboxylic acids is 5. The van der Waals surface area contributed by atoms with Gasteiger partial charge in [0.2, 0.25) is 29.5 Å². The fourth-order valence-corrected chi connectivity index (χ4v) is 4.62. The monoisotopic (exact) mass is 497 g/mol. The van der Waals surface area contributed by atoms with Gasteiger partial charge in [0.15, 0.2) is 0 Å². The van der Waals surface area contributed by atoms with Gasteiger partial charge in [-0.25, -0.2) is 4.79 Å². The maximum absolute atomic E-state index is 13.3. The molecule has 2 aliphatic rings. The Morgan fingerprint density at radius 2 is 1.94 bits per heavy atom. The molecule has 2 fully saturated rings. The minimum Gasteiger partial charge on any atom is -0.423 e. The number of primary amides is 1. The third-order valence-electron chi connectivity index (χ3n) is 6.39. The number of aryl methyl sites for hydroxylation is 1. The van der Waals surface area contributed by atoms with Crippen LogP contribution in [-0.2, 0) is 24.0 Å². The van der Waals surface area contributed by atoms with Gasteiger partial charge in [0, 0.05) is 36.2 Å². The molecule has 190 valence electrons. The predicted octanol–water partition coefficient (Wildman–Crippen LogP) is -0.330. The summed E-state index contributed by atoms with van der Waals surface area (Å²) in [6.45, 7) is 2.04. The van der Waals surface area contributed by atoms with Crippen molar-refractivity contribution < 1.29 is 28.4 Å². The summed E-state index contributed by atoms with van der Waals surface area (Å²) >= 11 is 0. The van der Waals surface area contributed by atoms with Gasteiger partial charge < -0.3 is 31.0 Å². The second kappa shape index (κ2) is 10.2. The predicted molar refractivity (Wildman–Crippen MR) is 127 cm³/mol. The van der Waals surface area contributed by atoms with Gasteiger partial charge >= 0.3 is 5.63 Å². The molecule has 5 amide bonds. The van der Waals surface area contributed by atoms with Crippen LogP contribution in [0.15, 0.2) is 33.5 Å². The molecule has 0 bridgehead atoms. The van der Waals surface area contributed by atoms with Crippen LogP contribution in [0.1, 0.15) is 37.7 Å². The maximum atomic E-state index is 13.3. The lowest BCUT2D eigenvalue weighted by atomic mass is 10.1. The highest BCUT2D eigenvalue weighted by Crippen LogP contribution is 2.24. The number of likely N-dealkylation sites (tertiary alicyclic amines) is 1. The van der Waals surface area contributed by atoms with Gasteiger partial charge in [-0.3, -0.25) is 24.0 Å². The first-order valence-electron chi connectivity index (χ1n) is 11.7. The average molecular weight is 498 g/mol. The Hall–Kier alpha value is -4.22. The van der Waals surface area contributed by atoms with Gasteiger partial charge in [-0.1, -0.05) is 0 Å². The Balaban J connectivity index is 1.48. The fourth-order valence-electron chi connectivity index (χ4n) is 4.62. The summed E-state index contributed by atoms with van der Waals surface area (Å²) in [6.07, 6.45) is 0.959. The molecule has 3 heterocycles. The summed E-state index contributed by atoms with van der Waals surface area (Å²) in [5, 5.41) is 8.50. The quantitative estimate of drug-likeness (QED) is 0.378. The molecule has 3 unspecified atom stereocenters. The number of nitrogens with two attached hydrogens (primary N) is 1. The first-order chi connectivity index (χ1) is 17.1. The van der Waals surface area contributed by atoms with Gasteiger partial charge in [-0.15, -0.1) is 0 Å². The lowest BCUT2D eigenvalue weighted by Crippen LogP contribution is -2.56. The van der Waals surface area contributed by atoms with E-state index in [2.05, 4.69) is 16.0 Å². The molecule has 2 saturated heterocycles. The van der Waals surface area contributed by atoms with E-state index in [0.29, 0.717) is 24.1 Å². The number of amides is 5. The first-order valence-corrected chi connectivity index (χ1v) is 11.7. The smallest absolute Gasteiger partial charge is 0.336 e. The zero-order valence-corrected chi connectivity index (χ0v) is 19.7. The van der Waals surface area contributed by atoms with Crippen LogP contribution in [0.2, 0.25) is 0 Å². The van der Waals surface area contributed by atoms with Crippen molar-refractivity contribution in [3.8, 4) is 0 Å². The van der Waals surface area contributed by atoms with E-state index in [-0.39, 0.29) is 25.3 Å². The van der Waals surface area contributed by atoms with E-state index >= 15 is 0 Å². The number of rotatable bonds is 7. The minimum absolute atomic E-state index is 0.193. The third-order valence-corrected chi connectivity index (χ3v) is 6.39. The van der Waals surface area contributed by atoms with Crippen molar-refractivity contribution in [3.05, 3.63) is 40.2 Å². The highest BCUT2D eigenvalue weighted by atomic mass is 16.4. The second-order valence-electron chi connectivity index (χ2n) is 9.03. The normalized spacial score (nSPS) is 20.1. The topological polar surface area (TPSA) is 181 Å². The van der Waals surface area contributed by atoms with Gasteiger partial charge in [-0.05, 0) is 43.9 Å². The third kappa shape index (κ3) is 5.37. The Morgan fingerprint density at radius 3 is 2.64 bits per heavy atom. The molecular weight excluding hydrogens is 470 g/mol. The zero-order valence-electron chi connectivity index (χ0n) is 19.7. The Bertz CT molecular complexity index is 1300. The summed E-state index contributed by atoms with van der Waals surface area (Å²) in [6, 6.07) is 3.41. The van der Waals surface area contributed by atoms with Crippen LogP contribution in [0.25, 0.3) is 11.0 Å². The molecule has 0 saturated carbocycles. The van der Waals surface area contributed by atoms with Crippen molar-refractivity contribution in [2.75, 3.05) is 11.9 Å².